The van der Waals surface area contributed by atoms with Gasteiger partial charge in [-0.15, -0.1) is 35.1 Å². The van der Waals surface area contributed by atoms with Crippen molar-refractivity contribution in [2.24, 2.45) is 5.73 Å². The zero-order valence-corrected chi connectivity index (χ0v) is 12.7. The van der Waals surface area contributed by atoms with Crippen molar-refractivity contribution in [2.45, 2.75) is 12.8 Å². The Hall–Kier alpha value is -0.950. The number of hydrogen-bond acceptors (Lipinski definition) is 5. The third-order valence-electron chi connectivity index (χ3n) is 2.38. The Labute approximate surface area is 126 Å². The highest BCUT2D eigenvalue weighted by Gasteiger charge is 2.09. The lowest BCUT2D eigenvalue weighted by Crippen LogP contribution is -2.25. The second kappa shape index (κ2) is 8.27. The van der Waals surface area contributed by atoms with E-state index in [1.807, 2.05) is 11.4 Å². The summed E-state index contributed by atoms with van der Waals surface area (Å²) in [6, 6.07) is 4.08. The van der Waals surface area contributed by atoms with Gasteiger partial charge >= 0.3 is 0 Å². The van der Waals surface area contributed by atoms with E-state index in [1.54, 1.807) is 16.7 Å². The SMILES string of the molecule is Cl.NCCc1nc(C(=O)NCCc2cccs2)cs1. The molecular formula is C12H16ClN3OS2. The van der Waals surface area contributed by atoms with Crippen LogP contribution in [-0.2, 0) is 12.8 Å². The molecule has 1 amide bonds. The van der Waals surface area contributed by atoms with E-state index in [9.17, 15) is 4.79 Å². The van der Waals surface area contributed by atoms with Crippen molar-refractivity contribution < 1.29 is 4.79 Å². The molecule has 2 aromatic rings. The van der Waals surface area contributed by atoms with Crippen LogP contribution in [0.2, 0.25) is 0 Å². The van der Waals surface area contributed by atoms with Crippen molar-refractivity contribution in [2.75, 3.05) is 13.1 Å². The summed E-state index contributed by atoms with van der Waals surface area (Å²) in [5.74, 6) is -0.105. The van der Waals surface area contributed by atoms with Crippen LogP contribution in [0.3, 0.4) is 0 Å². The number of nitrogens with zero attached hydrogens (tertiary/aromatic N) is 1. The number of nitrogens with two attached hydrogens (primary N) is 1. The predicted molar refractivity (Wildman–Crippen MR) is 82.5 cm³/mol. The summed E-state index contributed by atoms with van der Waals surface area (Å²) in [6.45, 7) is 1.20. The van der Waals surface area contributed by atoms with Gasteiger partial charge in [0.2, 0.25) is 0 Å². The van der Waals surface area contributed by atoms with Gasteiger partial charge in [0.25, 0.3) is 5.91 Å². The van der Waals surface area contributed by atoms with E-state index >= 15 is 0 Å². The first kappa shape index (κ1) is 16.1. The molecule has 2 heterocycles. The van der Waals surface area contributed by atoms with Gasteiger partial charge < -0.3 is 11.1 Å². The molecule has 0 fully saturated rings. The average Bonchev–Trinajstić information content (AvgIpc) is 3.00. The lowest BCUT2D eigenvalue weighted by atomic mass is 10.3. The van der Waals surface area contributed by atoms with Crippen LogP contribution in [0, 0.1) is 0 Å². The van der Waals surface area contributed by atoms with Crippen molar-refractivity contribution in [3.8, 4) is 0 Å². The number of carbonyl (C=O) groups is 1. The number of halogens is 1. The molecule has 0 aliphatic carbocycles. The topological polar surface area (TPSA) is 68.0 Å². The lowest BCUT2D eigenvalue weighted by Gasteiger charge is -2.01. The van der Waals surface area contributed by atoms with Crippen molar-refractivity contribution in [1.82, 2.24) is 10.3 Å². The molecule has 4 nitrogen and oxygen atoms in total. The number of aromatic nitrogens is 1. The summed E-state index contributed by atoms with van der Waals surface area (Å²) in [5.41, 5.74) is 5.94. The maximum absolute atomic E-state index is 11.8. The van der Waals surface area contributed by atoms with E-state index in [0.717, 1.165) is 17.8 Å². The quantitative estimate of drug-likeness (QED) is 0.857. The van der Waals surface area contributed by atoms with Gasteiger partial charge in [-0.2, -0.15) is 0 Å². The molecule has 104 valence electrons. The molecule has 0 spiro atoms. The second-order valence-electron chi connectivity index (χ2n) is 3.75. The van der Waals surface area contributed by atoms with Crippen LogP contribution in [0.15, 0.2) is 22.9 Å². The first-order chi connectivity index (χ1) is 8.79. The zero-order chi connectivity index (χ0) is 12.8. The minimum Gasteiger partial charge on any atom is -0.350 e. The fraction of sp³-hybridized carbons (Fsp3) is 0.333. The largest absolute Gasteiger partial charge is 0.350 e. The molecule has 0 aliphatic rings. The van der Waals surface area contributed by atoms with Crippen LogP contribution >= 0.6 is 35.1 Å². The van der Waals surface area contributed by atoms with E-state index in [4.69, 9.17) is 5.73 Å². The summed E-state index contributed by atoms with van der Waals surface area (Å²) < 4.78 is 0. The van der Waals surface area contributed by atoms with Gasteiger partial charge in [-0.3, -0.25) is 4.79 Å². The Kier molecular flexibility index (Phi) is 7.01. The van der Waals surface area contributed by atoms with Crippen molar-refractivity contribution >= 4 is 41.0 Å². The summed E-state index contributed by atoms with van der Waals surface area (Å²) in [4.78, 5) is 17.3. The number of carbonyl (C=O) groups excluding carboxylic acids is 1. The number of hydrogen-bond donors (Lipinski definition) is 2. The third kappa shape index (κ3) is 4.91. The van der Waals surface area contributed by atoms with Crippen molar-refractivity contribution in [1.29, 1.82) is 0 Å². The highest BCUT2D eigenvalue weighted by Crippen LogP contribution is 2.10. The molecule has 7 heteroatoms. The second-order valence-corrected chi connectivity index (χ2v) is 5.73. The summed E-state index contributed by atoms with van der Waals surface area (Å²) in [7, 11) is 0. The average molecular weight is 318 g/mol. The monoisotopic (exact) mass is 317 g/mol. The Morgan fingerprint density at radius 2 is 2.21 bits per heavy atom. The summed E-state index contributed by atoms with van der Waals surface area (Å²) >= 11 is 3.19. The molecule has 0 aromatic carbocycles. The molecule has 0 unspecified atom stereocenters. The Morgan fingerprint density at radius 1 is 1.37 bits per heavy atom. The molecular weight excluding hydrogens is 302 g/mol. The maximum Gasteiger partial charge on any atom is 0.270 e. The van der Waals surface area contributed by atoms with Crippen molar-refractivity contribution in [3.05, 3.63) is 38.5 Å². The molecule has 0 radical (unpaired) electrons. The van der Waals surface area contributed by atoms with Crippen LogP contribution in [0.5, 0.6) is 0 Å². The minimum absolute atomic E-state index is 0. The van der Waals surface area contributed by atoms with E-state index in [1.165, 1.54) is 16.2 Å². The molecule has 0 saturated carbocycles. The highest BCUT2D eigenvalue weighted by molar-refractivity contribution is 7.10. The van der Waals surface area contributed by atoms with E-state index < -0.39 is 0 Å². The fourth-order valence-electron chi connectivity index (χ4n) is 1.50. The highest BCUT2D eigenvalue weighted by atomic mass is 35.5. The maximum atomic E-state index is 11.8. The predicted octanol–water partition coefficient (Wildman–Crippen LogP) is 2.10. The van der Waals surface area contributed by atoms with Gasteiger partial charge in [0.1, 0.15) is 5.69 Å². The van der Waals surface area contributed by atoms with Crippen LogP contribution in [0.4, 0.5) is 0 Å². The van der Waals surface area contributed by atoms with Crippen LogP contribution in [-0.4, -0.2) is 24.0 Å². The molecule has 2 rings (SSSR count). The van der Waals surface area contributed by atoms with Gasteiger partial charge in [-0.25, -0.2) is 4.98 Å². The third-order valence-corrected chi connectivity index (χ3v) is 4.22. The number of thiophene rings is 1. The number of nitrogens with one attached hydrogen (secondary N) is 1. The first-order valence-corrected chi connectivity index (χ1v) is 7.50. The Bertz CT molecular complexity index is 499. The van der Waals surface area contributed by atoms with Gasteiger partial charge in [0.05, 0.1) is 5.01 Å². The molecule has 0 bridgehead atoms. The number of thiazole rings is 1. The molecule has 19 heavy (non-hydrogen) atoms. The molecule has 3 N–H and O–H groups in total. The standard InChI is InChI=1S/C12H15N3OS2.ClH/c13-5-3-11-15-10(8-18-11)12(16)14-6-4-9-2-1-7-17-9;/h1-2,7-8H,3-6,13H2,(H,14,16);1H. The van der Waals surface area contributed by atoms with E-state index in [-0.39, 0.29) is 18.3 Å². The first-order valence-electron chi connectivity index (χ1n) is 5.74. The normalized spacial score (nSPS) is 9.95. The van der Waals surface area contributed by atoms with E-state index in [2.05, 4.69) is 16.4 Å². The summed E-state index contributed by atoms with van der Waals surface area (Å²) in [6.07, 6.45) is 1.59. The molecule has 0 saturated heterocycles. The zero-order valence-electron chi connectivity index (χ0n) is 10.3. The van der Waals surface area contributed by atoms with Crippen LogP contribution in [0.25, 0.3) is 0 Å². The lowest BCUT2D eigenvalue weighted by molar-refractivity contribution is 0.0949. The molecule has 0 aliphatic heterocycles. The molecule has 0 atom stereocenters. The fourth-order valence-corrected chi connectivity index (χ4v) is 3.00. The number of amides is 1. The molecule has 2 aromatic heterocycles. The smallest absolute Gasteiger partial charge is 0.270 e. The van der Waals surface area contributed by atoms with Crippen LogP contribution < -0.4 is 11.1 Å². The van der Waals surface area contributed by atoms with Crippen molar-refractivity contribution in [3.63, 3.8) is 0 Å². The van der Waals surface area contributed by atoms with Gasteiger partial charge in [0, 0.05) is 23.2 Å². The minimum atomic E-state index is -0.105. The van der Waals surface area contributed by atoms with E-state index in [0.29, 0.717) is 18.8 Å². The van der Waals surface area contributed by atoms with Gasteiger partial charge in [-0.1, -0.05) is 6.07 Å². The van der Waals surface area contributed by atoms with Gasteiger partial charge in [-0.05, 0) is 24.4 Å². The van der Waals surface area contributed by atoms with Gasteiger partial charge in [0.15, 0.2) is 0 Å². The number of rotatable bonds is 6. The Morgan fingerprint density at radius 3 is 2.89 bits per heavy atom. The van der Waals surface area contributed by atoms with Crippen LogP contribution in [0.1, 0.15) is 20.4 Å². The summed E-state index contributed by atoms with van der Waals surface area (Å²) in [5, 5.41) is 7.61. The Balaban J connectivity index is 0.00000180.